The normalized spacial score (nSPS) is 10.3. The zero-order valence-corrected chi connectivity index (χ0v) is 13.8. The highest BCUT2D eigenvalue weighted by atomic mass is 32.2. The first-order valence-electron chi connectivity index (χ1n) is 7.36. The highest BCUT2D eigenvalue weighted by molar-refractivity contribution is 8.00. The van der Waals surface area contributed by atoms with Crippen molar-refractivity contribution in [2.24, 2.45) is 0 Å². The van der Waals surface area contributed by atoms with Gasteiger partial charge < -0.3 is 10.1 Å². The number of thioether (sulfide) groups is 1. The zero-order chi connectivity index (χ0) is 15.8. The van der Waals surface area contributed by atoms with Crippen molar-refractivity contribution in [1.29, 1.82) is 0 Å². The fourth-order valence-electron chi connectivity index (χ4n) is 1.97. The average Bonchev–Trinajstić information content (AvgIpc) is 2.54. The Hall–Kier alpha value is -1.94. The first-order valence-corrected chi connectivity index (χ1v) is 8.34. The fraction of sp³-hybridized carbons (Fsp3) is 0.278. The predicted octanol–water partition coefficient (Wildman–Crippen LogP) is 3.80. The molecule has 0 heterocycles. The molecule has 0 saturated heterocycles. The molecule has 0 aromatic heterocycles. The number of ether oxygens (including phenoxy) is 1. The van der Waals surface area contributed by atoms with Gasteiger partial charge in [0.15, 0.2) is 0 Å². The summed E-state index contributed by atoms with van der Waals surface area (Å²) in [6, 6.07) is 16.0. The molecule has 1 amide bonds. The third-order valence-corrected chi connectivity index (χ3v) is 4.15. The van der Waals surface area contributed by atoms with Gasteiger partial charge in [-0.3, -0.25) is 4.79 Å². The average molecular weight is 315 g/mol. The maximum absolute atomic E-state index is 12.0. The second-order valence-electron chi connectivity index (χ2n) is 4.92. The van der Waals surface area contributed by atoms with E-state index < -0.39 is 0 Å². The number of para-hydroxylation sites is 1. The number of aryl methyl sites for hydroxylation is 1. The van der Waals surface area contributed by atoms with E-state index in [1.54, 1.807) is 11.8 Å². The van der Waals surface area contributed by atoms with Gasteiger partial charge in [-0.05, 0) is 32.0 Å². The molecular weight excluding hydrogens is 294 g/mol. The van der Waals surface area contributed by atoms with E-state index in [1.807, 2.05) is 43.3 Å². The molecule has 2 rings (SSSR count). The standard InChI is InChI=1S/C18H21NO2S/c1-3-21-17-7-5-4-6-15(17)12-19-18(20)13-22-16-10-8-14(2)9-11-16/h4-11H,3,12-13H2,1-2H3,(H,19,20). The molecule has 0 atom stereocenters. The van der Waals surface area contributed by atoms with E-state index in [2.05, 4.69) is 24.4 Å². The van der Waals surface area contributed by atoms with Crippen LogP contribution in [-0.2, 0) is 11.3 Å². The van der Waals surface area contributed by atoms with Crippen LogP contribution < -0.4 is 10.1 Å². The van der Waals surface area contributed by atoms with Crippen molar-refractivity contribution in [3.63, 3.8) is 0 Å². The van der Waals surface area contributed by atoms with Crippen LogP contribution in [0.15, 0.2) is 53.4 Å². The van der Waals surface area contributed by atoms with E-state index in [1.165, 1.54) is 5.56 Å². The van der Waals surface area contributed by atoms with Crippen LogP contribution in [-0.4, -0.2) is 18.3 Å². The minimum Gasteiger partial charge on any atom is -0.494 e. The number of carbonyl (C=O) groups is 1. The molecule has 2 aromatic rings. The molecule has 0 spiro atoms. The van der Waals surface area contributed by atoms with Crippen LogP contribution in [0.2, 0.25) is 0 Å². The molecule has 1 N–H and O–H groups in total. The second-order valence-corrected chi connectivity index (χ2v) is 5.97. The summed E-state index contributed by atoms with van der Waals surface area (Å²) in [6.07, 6.45) is 0. The topological polar surface area (TPSA) is 38.3 Å². The quantitative estimate of drug-likeness (QED) is 0.790. The monoisotopic (exact) mass is 315 g/mol. The molecule has 0 saturated carbocycles. The lowest BCUT2D eigenvalue weighted by atomic mass is 10.2. The Balaban J connectivity index is 1.81. The lowest BCUT2D eigenvalue weighted by Gasteiger charge is -2.11. The summed E-state index contributed by atoms with van der Waals surface area (Å²) < 4.78 is 5.55. The zero-order valence-electron chi connectivity index (χ0n) is 13.0. The van der Waals surface area contributed by atoms with E-state index in [-0.39, 0.29) is 5.91 Å². The minimum absolute atomic E-state index is 0.0249. The molecule has 0 aliphatic carbocycles. The SMILES string of the molecule is CCOc1ccccc1CNC(=O)CSc1ccc(C)cc1. The Morgan fingerprint density at radius 3 is 2.59 bits per heavy atom. The Morgan fingerprint density at radius 1 is 1.14 bits per heavy atom. The number of rotatable bonds is 7. The van der Waals surface area contributed by atoms with Gasteiger partial charge in [0.05, 0.1) is 12.4 Å². The Bertz CT molecular complexity index is 611. The van der Waals surface area contributed by atoms with E-state index in [9.17, 15) is 4.79 Å². The third kappa shape index (κ3) is 5.11. The second kappa shape index (κ2) is 8.49. The number of hydrogen-bond donors (Lipinski definition) is 1. The molecule has 0 aliphatic rings. The highest BCUT2D eigenvalue weighted by Crippen LogP contribution is 2.19. The summed E-state index contributed by atoms with van der Waals surface area (Å²) in [6.45, 7) is 5.11. The third-order valence-electron chi connectivity index (χ3n) is 3.14. The molecule has 2 aromatic carbocycles. The molecule has 0 bridgehead atoms. The molecule has 0 unspecified atom stereocenters. The molecule has 0 fully saturated rings. The number of amides is 1. The molecule has 22 heavy (non-hydrogen) atoms. The van der Waals surface area contributed by atoms with Gasteiger partial charge >= 0.3 is 0 Å². The molecule has 116 valence electrons. The van der Waals surface area contributed by atoms with Gasteiger partial charge in [-0.25, -0.2) is 0 Å². The predicted molar refractivity (Wildman–Crippen MR) is 91.4 cm³/mol. The summed E-state index contributed by atoms with van der Waals surface area (Å²) >= 11 is 1.54. The van der Waals surface area contributed by atoms with Gasteiger partial charge in [-0.15, -0.1) is 11.8 Å². The van der Waals surface area contributed by atoms with E-state index in [4.69, 9.17) is 4.74 Å². The molecule has 4 heteroatoms. The van der Waals surface area contributed by atoms with Gasteiger partial charge in [-0.1, -0.05) is 35.9 Å². The number of carbonyl (C=O) groups excluding carboxylic acids is 1. The first-order chi connectivity index (χ1) is 10.7. The van der Waals surface area contributed by atoms with Gasteiger partial charge in [0.1, 0.15) is 5.75 Å². The largest absolute Gasteiger partial charge is 0.494 e. The van der Waals surface area contributed by atoms with Gasteiger partial charge in [-0.2, -0.15) is 0 Å². The maximum atomic E-state index is 12.0. The van der Waals surface area contributed by atoms with E-state index in [0.717, 1.165) is 16.2 Å². The Labute approximate surface area is 136 Å². The van der Waals surface area contributed by atoms with Crippen LogP contribution in [0, 0.1) is 6.92 Å². The Kier molecular flexibility index (Phi) is 6.34. The summed E-state index contributed by atoms with van der Waals surface area (Å²) in [5, 5.41) is 2.94. The van der Waals surface area contributed by atoms with Crippen LogP contribution in [0.4, 0.5) is 0 Å². The van der Waals surface area contributed by atoms with Crippen molar-refractivity contribution >= 4 is 17.7 Å². The molecule has 3 nitrogen and oxygen atoms in total. The van der Waals surface area contributed by atoms with Gasteiger partial charge in [0.25, 0.3) is 0 Å². The van der Waals surface area contributed by atoms with E-state index >= 15 is 0 Å². The number of hydrogen-bond acceptors (Lipinski definition) is 3. The number of benzene rings is 2. The van der Waals surface area contributed by atoms with Gasteiger partial charge in [0, 0.05) is 17.0 Å². The molecular formula is C18H21NO2S. The first kappa shape index (κ1) is 16.4. The van der Waals surface area contributed by atoms with Crippen molar-refractivity contribution in [3.8, 4) is 5.75 Å². The lowest BCUT2D eigenvalue weighted by molar-refractivity contribution is -0.118. The summed E-state index contributed by atoms with van der Waals surface area (Å²) in [5.41, 5.74) is 2.22. The van der Waals surface area contributed by atoms with Crippen molar-refractivity contribution in [2.75, 3.05) is 12.4 Å². The lowest BCUT2D eigenvalue weighted by Crippen LogP contribution is -2.24. The van der Waals surface area contributed by atoms with E-state index in [0.29, 0.717) is 18.9 Å². The van der Waals surface area contributed by atoms with Crippen LogP contribution in [0.25, 0.3) is 0 Å². The van der Waals surface area contributed by atoms with Crippen LogP contribution in [0.3, 0.4) is 0 Å². The maximum Gasteiger partial charge on any atom is 0.230 e. The Morgan fingerprint density at radius 2 is 1.86 bits per heavy atom. The summed E-state index contributed by atoms with van der Waals surface area (Å²) in [5.74, 6) is 1.27. The van der Waals surface area contributed by atoms with Gasteiger partial charge in [0.2, 0.25) is 5.91 Å². The van der Waals surface area contributed by atoms with Crippen LogP contribution in [0.5, 0.6) is 5.75 Å². The minimum atomic E-state index is 0.0249. The van der Waals surface area contributed by atoms with Crippen molar-refractivity contribution in [2.45, 2.75) is 25.3 Å². The smallest absolute Gasteiger partial charge is 0.230 e. The van der Waals surface area contributed by atoms with Crippen LogP contribution in [0.1, 0.15) is 18.1 Å². The van der Waals surface area contributed by atoms with Crippen molar-refractivity contribution in [3.05, 3.63) is 59.7 Å². The number of nitrogens with one attached hydrogen (secondary N) is 1. The molecule has 0 radical (unpaired) electrons. The molecule has 0 aliphatic heterocycles. The van der Waals surface area contributed by atoms with Crippen molar-refractivity contribution in [1.82, 2.24) is 5.32 Å². The highest BCUT2D eigenvalue weighted by Gasteiger charge is 2.06. The summed E-state index contributed by atoms with van der Waals surface area (Å²) in [4.78, 5) is 13.1. The summed E-state index contributed by atoms with van der Waals surface area (Å²) in [7, 11) is 0. The van der Waals surface area contributed by atoms with Crippen molar-refractivity contribution < 1.29 is 9.53 Å². The van der Waals surface area contributed by atoms with Crippen LogP contribution >= 0.6 is 11.8 Å². The fourth-order valence-corrected chi connectivity index (χ4v) is 2.70.